The standard InChI is InChI=1S/C12H24O3/c1-5-14-8-9-15-7-6-11(13)10-12(2,3)4/h5-10H2,1-4H3. The molecule has 0 aliphatic rings. The zero-order chi connectivity index (χ0) is 11.7. The van der Waals surface area contributed by atoms with Crippen molar-refractivity contribution < 1.29 is 14.3 Å². The molecule has 0 fully saturated rings. The van der Waals surface area contributed by atoms with Crippen molar-refractivity contribution in [3.05, 3.63) is 0 Å². The lowest BCUT2D eigenvalue weighted by Gasteiger charge is -2.16. The Morgan fingerprint density at radius 2 is 1.67 bits per heavy atom. The van der Waals surface area contributed by atoms with E-state index in [4.69, 9.17) is 9.47 Å². The quantitative estimate of drug-likeness (QED) is 0.585. The molecule has 0 aliphatic heterocycles. The number of ketones is 1. The van der Waals surface area contributed by atoms with E-state index in [2.05, 4.69) is 20.8 Å². The molecule has 0 aliphatic carbocycles. The summed E-state index contributed by atoms with van der Waals surface area (Å²) in [5.41, 5.74) is 0.0857. The van der Waals surface area contributed by atoms with Crippen LogP contribution in [0.2, 0.25) is 0 Å². The van der Waals surface area contributed by atoms with Crippen LogP contribution in [-0.2, 0) is 14.3 Å². The van der Waals surface area contributed by atoms with Crippen molar-refractivity contribution in [3.8, 4) is 0 Å². The average molecular weight is 216 g/mol. The minimum atomic E-state index is 0.0857. The highest BCUT2D eigenvalue weighted by atomic mass is 16.5. The molecule has 3 heteroatoms. The first-order valence-corrected chi connectivity index (χ1v) is 5.63. The van der Waals surface area contributed by atoms with Gasteiger partial charge in [-0.1, -0.05) is 20.8 Å². The van der Waals surface area contributed by atoms with Crippen LogP contribution in [0.25, 0.3) is 0 Å². The third-order valence-corrected chi connectivity index (χ3v) is 1.83. The van der Waals surface area contributed by atoms with Crippen LogP contribution >= 0.6 is 0 Å². The predicted octanol–water partition coefficient (Wildman–Crippen LogP) is 2.43. The molecule has 90 valence electrons. The second kappa shape index (κ2) is 7.83. The fourth-order valence-electron chi connectivity index (χ4n) is 1.23. The number of rotatable bonds is 8. The number of ether oxygens (including phenoxy) is 2. The van der Waals surface area contributed by atoms with Crippen molar-refractivity contribution in [2.75, 3.05) is 26.4 Å². The zero-order valence-electron chi connectivity index (χ0n) is 10.5. The van der Waals surface area contributed by atoms with Gasteiger partial charge in [-0.15, -0.1) is 0 Å². The van der Waals surface area contributed by atoms with Crippen LogP contribution < -0.4 is 0 Å². The molecule has 0 N–H and O–H groups in total. The molecular weight excluding hydrogens is 192 g/mol. The van der Waals surface area contributed by atoms with Crippen LogP contribution in [0.3, 0.4) is 0 Å². The summed E-state index contributed by atoms with van der Waals surface area (Å²) in [6.07, 6.45) is 1.14. The second-order valence-corrected chi connectivity index (χ2v) is 4.84. The number of carbonyl (C=O) groups excluding carboxylic acids is 1. The Kier molecular flexibility index (Phi) is 7.61. The van der Waals surface area contributed by atoms with E-state index in [1.165, 1.54) is 0 Å². The highest BCUT2D eigenvalue weighted by Gasteiger charge is 2.15. The molecule has 0 aromatic heterocycles. The van der Waals surface area contributed by atoms with Gasteiger partial charge in [0.05, 0.1) is 19.8 Å². The van der Waals surface area contributed by atoms with E-state index >= 15 is 0 Å². The molecule has 0 rings (SSSR count). The van der Waals surface area contributed by atoms with Crippen molar-refractivity contribution in [2.24, 2.45) is 5.41 Å². The van der Waals surface area contributed by atoms with E-state index in [-0.39, 0.29) is 11.2 Å². The van der Waals surface area contributed by atoms with Gasteiger partial charge in [0.15, 0.2) is 0 Å². The molecule has 0 radical (unpaired) electrons. The number of hydrogen-bond donors (Lipinski definition) is 0. The fraction of sp³-hybridized carbons (Fsp3) is 0.917. The predicted molar refractivity (Wildman–Crippen MR) is 61.0 cm³/mol. The maximum Gasteiger partial charge on any atom is 0.135 e. The molecule has 0 amide bonds. The number of Topliss-reactive ketones (excluding diaryl/α,β-unsaturated/α-hetero) is 1. The van der Waals surface area contributed by atoms with Gasteiger partial charge in [0.25, 0.3) is 0 Å². The number of hydrogen-bond acceptors (Lipinski definition) is 3. The third kappa shape index (κ3) is 11.5. The highest BCUT2D eigenvalue weighted by molar-refractivity contribution is 5.79. The Morgan fingerprint density at radius 1 is 1.07 bits per heavy atom. The fourth-order valence-corrected chi connectivity index (χ4v) is 1.23. The first-order valence-electron chi connectivity index (χ1n) is 5.63. The summed E-state index contributed by atoms with van der Waals surface area (Å²) >= 11 is 0. The van der Waals surface area contributed by atoms with Gasteiger partial charge in [0, 0.05) is 19.4 Å². The Bertz CT molecular complexity index is 170. The highest BCUT2D eigenvalue weighted by Crippen LogP contribution is 2.19. The molecule has 0 atom stereocenters. The summed E-state index contributed by atoms with van der Waals surface area (Å²) in [6, 6.07) is 0. The van der Waals surface area contributed by atoms with Crippen LogP contribution in [0.4, 0.5) is 0 Å². The van der Waals surface area contributed by atoms with Gasteiger partial charge in [-0.2, -0.15) is 0 Å². The van der Waals surface area contributed by atoms with Crippen LogP contribution in [0.15, 0.2) is 0 Å². The van der Waals surface area contributed by atoms with Crippen molar-refractivity contribution >= 4 is 5.78 Å². The molecule has 0 saturated carbocycles. The van der Waals surface area contributed by atoms with E-state index < -0.39 is 0 Å². The monoisotopic (exact) mass is 216 g/mol. The molecule has 0 unspecified atom stereocenters. The summed E-state index contributed by atoms with van der Waals surface area (Å²) < 4.78 is 10.4. The lowest BCUT2D eigenvalue weighted by molar-refractivity contribution is -0.121. The molecule has 0 aromatic carbocycles. The minimum absolute atomic E-state index is 0.0857. The van der Waals surface area contributed by atoms with E-state index in [1.54, 1.807) is 0 Å². The average Bonchev–Trinajstić information content (AvgIpc) is 2.08. The van der Waals surface area contributed by atoms with Gasteiger partial charge in [0.1, 0.15) is 5.78 Å². The topological polar surface area (TPSA) is 35.5 Å². The lowest BCUT2D eigenvalue weighted by atomic mass is 9.89. The van der Waals surface area contributed by atoms with Gasteiger partial charge in [-0.3, -0.25) is 4.79 Å². The minimum Gasteiger partial charge on any atom is -0.379 e. The molecule has 0 bridgehead atoms. The van der Waals surface area contributed by atoms with Crippen LogP contribution in [0.5, 0.6) is 0 Å². The van der Waals surface area contributed by atoms with Crippen molar-refractivity contribution in [1.82, 2.24) is 0 Å². The van der Waals surface area contributed by atoms with E-state index in [1.807, 2.05) is 6.92 Å². The van der Waals surface area contributed by atoms with Gasteiger partial charge in [-0.25, -0.2) is 0 Å². The largest absolute Gasteiger partial charge is 0.379 e. The Balaban J connectivity index is 3.32. The maximum absolute atomic E-state index is 11.4. The van der Waals surface area contributed by atoms with Crippen molar-refractivity contribution in [2.45, 2.75) is 40.5 Å². The molecule has 0 spiro atoms. The van der Waals surface area contributed by atoms with Crippen LogP contribution in [0, 0.1) is 5.41 Å². The van der Waals surface area contributed by atoms with Crippen LogP contribution in [-0.4, -0.2) is 32.2 Å². The summed E-state index contributed by atoms with van der Waals surface area (Å²) in [5, 5.41) is 0. The molecule has 3 nitrogen and oxygen atoms in total. The van der Waals surface area contributed by atoms with Crippen molar-refractivity contribution in [1.29, 1.82) is 0 Å². The Labute approximate surface area is 93.1 Å². The van der Waals surface area contributed by atoms with Crippen molar-refractivity contribution in [3.63, 3.8) is 0 Å². The van der Waals surface area contributed by atoms with Gasteiger partial charge in [-0.05, 0) is 12.3 Å². The van der Waals surface area contributed by atoms with E-state index in [0.29, 0.717) is 39.3 Å². The van der Waals surface area contributed by atoms with Gasteiger partial charge < -0.3 is 9.47 Å². The lowest BCUT2D eigenvalue weighted by Crippen LogP contribution is -2.15. The van der Waals surface area contributed by atoms with E-state index in [0.717, 1.165) is 0 Å². The zero-order valence-corrected chi connectivity index (χ0v) is 10.5. The first-order chi connectivity index (χ1) is 6.95. The summed E-state index contributed by atoms with van der Waals surface area (Å²) in [4.78, 5) is 11.4. The van der Waals surface area contributed by atoms with Crippen LogP contribution in [0.1, 0.15) is 40.5 Å². The number of carbonyl (C=O) groups is 1. The van der Waals surface area contributed by atoms with Gasteiger partial charge >= 0.3 is 0 Å². The maximum atomic E-state index is 11.4. The Hall–Kier alpha value is -0.410. The molecular formula is C12H24O3. The summed E-state index contributed by atoms with van der Waals surface area (Å²) in [6.45, 7) is 10.6. The SMILES string of the molecule is CCOCCOCCC(=O)CC(C)(C)C. The third-order valence-electron chi connectivity index (χ3n) is 1.83. The normalized spacial score (nSPS) is 11.7. The van der Waals surface area contributed by atoms with Gasteiger partial charge in [0.2, 0.25) is 0 Å². The molecule has 0 aromatic rings. The molecule has 0 heterocycles. The molecule has 15 heavy (non-hydrogen) atoms. The first kappa shape index (κ1) is 14.6. The second-order valence-electron chi connectivity index (χ2n) is 4.84. The van der Waals surface area contributed by atoms with E-state index in [9.17, 15) is 4.79 Å². The smallest absolute Gasteiger partial charge is 0.135 e. The summed E-state index contributed by atoms with van der Waals surface area (Å²) in [7, 11) is 0. The summed E-state index contributed by atoms with van der Waals surface area (Å²) in [5.74, 6) is 0.277. The molecule has 0 saturated heterocycles. The Morgan fingerprint density at radius 3 is 2.20 bits per heavy atom.